The zero-order valence-electron chi connectivity index (χ0n) is 24.3. The number of nitrogens with zero attached hydrogens (tertiary/aromatic N) is 2. The van der Waals surface area contributed by atoms with Crippen molar-refractivity contribution in [2.24, 2.45) is 11.8 Å². The van der Waals surface area contributed by atoms with Gasteiger partial charge in [-0.25, -0.2) is 4.98 Å². The summed E-state index contributed by atoms with van der Waals surface area (Å²) < 4.78 is 0. The van der Waals surface area contributed by atoms with Gasteiger partial charge in [0, 0.05) is 30.1 Å². The van der Waals surface area contributed by atoms with Crippen LogP contribution < -0.4 is 5.32 Å². The minimum atomic E-state index is -1.09. The molecule has 2 aromatic heterocycles. The minimum Gasteiger partial charge on any atom is -0.390 e. The van der Waals surface area contributed by atoms with Gasteiger partial charge in [-0.05, 0) is 49.1 Å². The molecule has 9 heteroatoms. The molecule has 1 aliphatic heterocycles. The van der Waals surface area contributed by atoms with E-state index in [1.807, 2.05) is 38.1 Å². The van der Waals surface area contributed by atoms with Crippen molar-refractivity contribution in [3.63, 3.8) is 0 Å². The lowest BCUT2D eigenvalue weighted by atomic mass is 9.82. The molecule has 2 amide bonds. The highest BCUT2D eigenvalue weighted by atomic mass is 16.3. The molecule has 9 nitrogen and oxygen atoms in total. The standard InChI is InChI=1S/C32H45N5O4/c1-20(2)15-28(38)30(39)26(16-21-9-4-3-5-10-21)36-31(40)27(17-22-18-33-19-34-22)37-14-8-12-24-23-11-6-7-13-25(23)35-29(24)32(37)41/h6-7,11,13,18-21,26-28,30,35,38-39H,3-5,8-10,12,14-17H2,1-2H3,(H,33,34)(H,36,40)/t26-,27-,28-,30+/m0/s1. The Kier molecular flexibility index (Phi) is 9.45. The van der Waals surface area contributed by atoms with Crippen molar-refractivity contribution < 1.29 is 19.8 Å². The maximum Gasteiger partial charge on any atom is 0.271 e. The number of imidazole rings is 1. The second kappa shape index (κ2) is 13.2. The molecule has 0 bridgehead atoms. The molecule has 5 N–H and O–H groups in total. The molecule has 1 saturated carbocycles. The number of H-pyrrole nitrogens is 2. The first-order chi connectivity index (χ1) is 19.8. The van der Waals surface area contributed by atoms with E-state index in [0.29, 0.717) is 36.7 Å². The fourth-order valence-electron chi connectivity index (χ4n) is 6.79. The molecule has 1 aliphatic carbocycles. The predicted molar refractivity (Wildman–Crippen MR) is 158 cm³/mol. The first-order valence-electron chi connectivity index (χ1n) is 15.4. The average Bonchev–Trinajstić information content (AvgIpc) is 3.58. The lowest BCUT2D eigenvalue weighted by molar-refractivity contribution is -0.128. The Bertz CT molecular complexity index is 1300. The van der Waals surface area contributed by atoms with Crippen LogP contribution in [-0.4, -0.2) is 72.7 Å². The maximum atomic E-state index is 14.2. The summed E-state index contributed by atoms with van der Waals surface area (Å²) in [6.07, 6.45) is 9.68. The van der Waals surface area contributed by atoms with E-state index in [-0.39, 0.29) is 24.2 Å². The van der Waals surface area contributed by atoms with E-state index in [1.165, 1.54) is 6.42 Å². The summed E-state index contributed by atoms with van der Waals surface area (Å²) in [6, 6.07) is 6.50. The molecular weight excluding hydrogens is 518 g/mol. The number of aromatic nitrogens is 3. The van der Waals surface area contributed by atoms with Gasteiger partial charge in [-0.2, -0.15) is 0 Å². The number of aromatic amines is 2. The number of fused-ring (bicyclic) bond motifs is 3. The Morgan fingerprint density at radius 2 is 1.93 bits per heavy atom. The van der Waals surface area contributed by atoms with Crippen molar-refractivity contribution in [3.8, 4) is 0 Å². The molecule has 3 aromatic rings. The van der Waals surface area contributed by atoms with Gasteiger partial charge in [-0.1, -0.05) is 64.2 Å². The van der Waals surface area contributed by atoms with Gasteiger partial charge in [0.15, 0.2) is 0 Å². The lowest BCUT2D eigenvalue weighted by Gasteiger charge is -2.35. The lowest BCUT2D eigenvalue weighted by Crippen LogP contribution is -2.57. The monoisotopic (exact) mass is 563 g/mol. The number of rotatable bonds is 11. The summed E-state index contributed by atoms with van der Waals surface area (Å²) in [5.74, 6) is 0.0675. The van der Waals surface area contributed by atoms with Crippen LogP contribution in [0.3, 0.4) is 0 Å². The second-order valence-corrected chi connectivity index (χ2v) is 12.4. The topological polar surface area (TPSA) is 134 Å². The number of nitrogens with one attached hydrogen (secondary N) is 3. The van der Waals surface area contributed by atoms with Crippen LogP contribution >= 0.6 is 0 Å². The molecule has 1 fully saturated rings. The normalized spacial score (nSPS) is 19.5. The highest BCUT2D eigenvalue weighted by molar-refractivity contribution is 6.03. The summed E-state index contributed by atoms with van der Waals surface area (Å²) in [7, 11) is 0. The molecule has 1 aromatic carbocycles. The molecule has 0 radical (unpaired) electrons. The van der Waals surface area contributed by atoms with Gasteiger partial charge in [-0.3, -0.25) is 9.59 Å². The van der Waals surface area contributed by atoms with Gasteiger partial charge in [-0.15, -0.1) is 0 Å². The zero-order valence-corrected chi connectivity index (χ0v) is 24.3. The summed E-state index contributed by atoms with van der Waals surface area (Å²) >= 11 is 0. The van der Waals surface area contributed by atoms with Crippen LogP contribution in [0.1, 0.15) is 87.0 Å². The van der Waals surface area contributed by atoms with Crippen molar-refractivity contribution in [1.82, 2.24) is 25.2 Å². The van der Waals surface area contributed by atoms with E-state index < -0.39 is 24.3 Å². The molecule has 222 valence electrons. The van der Waals surface area contributed by atoms with Crippen LogP contribution in [0.4, 0.5) is 0 Å². The first-order valence-corrected chi connectivity index (χ1v) is 15.4. The van der Waals surface area contributed by atoms with Gasteiger partial charge < -0.3 is 30.4 Å². The fraction of sp³-hybridized carbons (Fsp3) is 0.594. The van der Waals surface area contributed by atoms with Gasteiger partial charge in [0.1, 0.15) is 17.8 Å². The van der Waals surface area contributed by atoms with E-state index in [2.05, 4.69) is 20.3 Å². The van der Waals surface area contributed by atoms with Crippen molar-refractivity contribution in [3.05, 3.63) is 53.7 Å². The van der Waals surface area contributed by atoms with Crippen molar-refractivity contribution in [1.29, 1.82) is 0 Å². The molecule has 5 rings (SSSR count). The number of hydrogen-bond donors (Lipinski definition) is 5. The van der Waals surface area contributed by atoms with E-state index in [0.717, 1.165) is 55.0 Å². The third-order valence-electron chi connectivity index (χ3n) is 8.91. The Hall–Kier alpha value is -3.17. The fourth-order valence-corrected chi connectivity index (χ4v) is 6.79. The van der Waals surface area contributed by atoms with Crippen molar-refractivity contribution >= 4 is 22.7 Å². The number of aryl methyl sites for hydroxylation is 1. The van der Waals surface area contributed by atoms with Crippen LogP contribution in [0, 0.1) is 11.8 Å². The zero-order chi connectivity index (χ0) is 28.9. The second-order valence-electron chi connectivity index (χ2n) is 12.4. The molecule has 3 heterocycles. The first kappa shape index (κ1) is 29.3. The Labute approximate surface area is 242 Å². The maximum absolute atomic E-state index is 14.2. The Balaban J connectivity index is 1.42. The molecule has 2 aliphatic rings. The highest BCUT2D eigenvalue weighted by Gasteiger charge is 2.38. The number of carbonyl (C=O) groups excluding carboxylic acids is 2. The van der Waals surface area contributed by atoms with Gasteiger partial charge >= 0.3 is 0 Å². The largest absolute Gasteiger partial charge is 0.390 e. The number of aliphatic hydroxyl groups is 2. The molecule has 41 heavy (non-hydrogen) atoms. The number of hydrogen-bond acceptors (Lipinski definition) is 5. The summed E-state index contributed by atoms with van der Waals surface area (Å²) in [5.41, 5.74) is 3.13. The summed E-state index contributed by atoms with van der Waals surface area (Å²) in [5, 5.41) is 26.3. The third-order valence-corrected chi connectivity index (χ3v) is 8.91. The van der Waals surface area contributed by atoms with E-state index >= 15 is 0 Å². The minimum absolute atomic E-state index is 0.200. The number of para-hydroxylation sites is 1. The van der Waals surface area contributed by atoms with E-state index in [9.17, 15) is 19.8 Å². The van der Waals surface area contributed by atoms with Crippen LogP contribution in [0.5, 0.6) is 0 Å². The van der Waals surface area contributed by atoms with Crippen molar-refractivity contribution in [2.75, 3.05) is 6.54 Å². The highest BCUT2D eigenvalue weighted by Crippen LogP contribution is 2.31. The molecule has 0 spiro atoms. The molecular formula is C32H45N5O4. The van der Waals surface area contributed by atoms with Gasteiger partial charge in [0.05, 0.1) is 24.2 Å². The van der Waals surface area contributed by atoms with Crippen LogP contribution in [0.2, 0.25) is 0 Å². The van der Waals surface area contributed by atoms with E-state index in [1.54, 1.807) is 17.4 Å². The van der Waals surface area contributed by atoms with Gasteiger partial charge in [0.25, 0.3) is 5.91 Å². The van der Waals surface area contributed by atoms with Crippen LogP contribution in [0.25, 0.3) is 10.9 Å². The number of amides is 2. The SMILES string of the molecule is CC(C)C[C@H](O)[C@H](O)[C@H](CC1CCCCC1)NC(=O)[C@H](Cc1c[nH]cn1)N1CCCc2c([nH]c3ccccc23)C1=O. The molecule has 4 atom stereocenters. The quantitative estimate of drug-likeness (QED) is 0.239. The number of carbonyl (C=O) groups is 2. The van der Waals surface area contributed by atoms with Crippen molar-refractivity contribution in [2.45, 2.75) is 102 Å². The third kappa shape index (κ3) is 6.84. The average molecular weight is 564 g/mol. The summed E-state index contributed by atoms with van der Waals surface area (Å²) in [4.78, 5) is 40.5. The number of benzene rings is 1. The smallest absolute Gasteiger partial charge is 0.271 e. The Morgan fingerprint density at radius 1 is 1.15 bits per heavy atom. The van der Waals surface area contributed by atoms with E-state index in [4.69, 9.17) is 0 Å². The van der Waals surface area contributed by atoms with Crippen LogP contribution in [0.15, 0.2) is 36.8 Å². The predicted octanol–water partition coefficient (Wildman–Crippen LogP) is 4.11. The van der Waals surface area contributed by atoms with Gasteiger partial charge in [0.2, 0.25) is 5.91 Å². The molecule has 0 unspecified atom stereocenters. The summed E-state index contributed by atoms with van der Waals surface area (Å²) in [6.45, 7) is 4.45. The van der Waals surface area contributed by atoms with Crippen LogP contribution in [-0.2, 0) is 17.6 Å². The Morgan fingerprint density at radius 3 is 2.66 bits per heavy atom. The number of aliphatic hydroxyl groups excluding tert-OH is 2. The molecule has 0 saturated heterocycles.